The summed E-state index contributed by atoms with van der Waals surface area (Å²) in [6.07, 6.45) is 15.5. The first-order valence-corrected chi connectivity index (χ1v) is 17.5. The number of benzene rings is 2. The number of urea groups is 1. The van der Waals surface area contributed by atoms with E-state index < -0.39 is 0 Å². The lowest BCUT2D eigenvalue weighted by Crippen LogP contribution is -2.49. The van der Waals surface area contributed by atoms with Crippen LogP contribution in [0.2, 0.25) is 0 Å². The molecule has 5 unspecified atom stereocenters. The minimum Gasteiger partial charge on any atom is -0.334 e. The van der Waals surface area contributed by atoms with Crippen LogP contribution in [0, 0.1) is 28.5 Å². The van der Waals surface area contributed by atoms with Gasteiger partial charge in [-0.05, 0) is 121 Å². The molecule has 46 heavy (non-hydrogen) atoms. The maximum absolute atomic E-state index is 13.1. The van der Waals surface area contributed by atoms with Gasteiger partial charge in [0.25, 0.3) is 0 Å². The lowest BCUT2D eigenvalue weighted by Gasteiger charge is -2.55. The molecule has 2 aromatic rings. The zero-order valence-electron chi connectivity index (χ0n) is 26.7. The highest BCUT2D eigenvalue weighted by molar-refractivity contribution is 8.02. The van der Waals surface area contributed by atoms with Crippen LogP contribution in [0.1, 0.15) is 75.8 Å². The first kappa shape index (κ1) is 32.2. The average Bonchev–Trinajstić information content (AvgIpc) is 3.35. The van der Waals surface area contributed by atoms with Gasteiger partial charge in [0.2, 0.25) is 0 Å². The molecule has 2 N–H and O–H groups in total. The molecule has 6 rings (SSSR count). The van der Waals surface area contributed by atoms with Gasteiger partial charge in [-0.2, -0.15) is 0 Å². The SMILES string of the molecule is CC=CSCC1(C=O)CCC2C3CCC4=CC(=O)CCC4=C3C(c3ccc(C=CCNC(=O)Nc4ccc(F)cc4)cc3)CC21C. The maximum Gasteiger partial charge on any atom is 0.319 e. The van der Waals surface area contributed by atoms with E-state index in [0.717, 1.165) is 49.8 Å². The smallest absolute Gasteiger partial charge is 0.319 e. The molecule has 0 aliphatic heterocycles. The number of carbonyl (C=O) groups is 3. The normalized spacial score (nSPS) is 28.9. The van der Waals surface area contributed by atoms with Crippen molar-refractivity contribution in [3.63, 3.8) is 0 Å². The van der Waals surface area contributed by atoms with Crippen molar-refractivity contribution in [1.82, 2.24) is 5.32 Å². The Morgan fingerprint density at radius 3 is 2.59 bits per heavy atom. The monoisotopic (exact) mass is 638 g/mol. The molecule has 0 spiro atoms. The molecular formula is C39H43FN2O3S. The zero-order valence-corrected chi connectivity index (χ0v) is 27.5. The molecule has 5 nitrogen and oxygen atoms in total. The fraction of sp³-hybridized carbons (Fsp3) is 0.410. The van der Waals surface area contributed by atoms with Crippen molar-refractivity contribution in [3.05, 3.63) is 106 Å². The number of amides is 2. The average molecular weight is 639 g/mol. The first-order valence-electron chi connectivity index (χ1n) is 16.5. The fourth-order valence-corrected chi connectivity index (χ4v) is 9.89. The summed E-state index contributed by atoms with van der Waals surface area (Å²) in [6, 6.07) is 14.0. The molecule has 0 aromatic heterocycles. The Morgan fingerprint density at radius 2 is 1.85 bits per heavy atom. The zero-order chi connectivity index (χ0) is 32.3. The molecule has 2 saturated carbocycles. The third-order valence-electron chi connectivity index (χ3n) is 11.1. The number of thioether (sulfide) groups is 1. The van der Waals surface area contributed by atoms with Gasteiger partial charge in [0.1, 0.15) is 12.1 Å². The number of carbonyl (C=O) groups excluding carboxylic acids is 3. The van der Waals surface area contributed by atoms with Gasteiger partial charge in [-0.1, -0.05) is 55.0 Å². The van der Waals surface area contributed by atoms with Crippen LogP contribution in [0.5, 0.6) is 0 Å². The van der Waals surface area contributed by atoms with Crippen LogP contribution < -0.4 is 10.6 Å². The van der Waals surface area contributed by atoms with Gasteiger partial charge < -0.3 is 15.4 Å². The number of hydrogen-bond donors (Lipinski definition) is 2. The maximum atomic E-state index is 13.1. The molecule has 2 aromatic carbocycles. The summed E-state index contributed by atoms with van der Waals surface area (Å²) < 4.78 is 13.1. The topological polar surface area (TPSA) is 75.3 Å². The molecule has 2 fully saturated rings. The van der Waals surface area contributed by atoms with Crippen LogP contribution in [0.15, 0.2) is 88.9 Å². The van der Waals surface area contributed by atoms with Crippen LogP contribution in [0.25, 0.3) is 6.08 Å². The van der Waals surface area contributed by atoms with E-state index in [2.05, 4.69) is 53.3 Å². The number of nitrogens with one attached hydrogen (secondary N) is 2. The van der Waals surface area contributed by atoms with E-state index in [1.54, 1.807) is 11.8 Å². The number of fused-ring (bicyclic) bond motifs is 4. The molecule has 0 heterocycles. The number of hydrogen-bond acceptors (Lipinski definition) is 4. The molecule has 0 saturated heterocycles. The number of rotatable bonds is 9. The lowest BCUT2D eigenvalue weighted by atomic mass is 9.49. The highest BCUT2D eigenvalue weighted by Gasteiger charge is 2.63. The Hall–Kier alpha value is -3.71. The number of ketones is 1. The largest absolute Gasteiger partial charge is 0.334 e. The highest BCUT2D eigenvalue weighted by atomic mass is 32.2. The predicted octanol–water partition coefficient (Wildman–Crippen LogP) is 9.01. The molecule has 2 amide bonds. The third-order valence-corrected chi connectivity index (χ3v) is 12.2. The molecule has 7 heteroatoms. The van der Waals surface area contributed by atoms with Gasteiger partial charge in [0.15, 0.2) is 5.78 Å². The van der Waals surface area contributed by atoms with E-state index in [9.17, 15) is 18.8 Å². The van der Waals surface area contributed by atoms with Crippen molar-refractivity contribution in [2.24, 2.45) is 22.7 Å². The third kappa shape index (κ3) is 6.18. The van der Waals surface area contributed by atoms with E-state index in [1.165, 1.54) is 52.8 Å². The minimum atomic E-state index is -0.354. The van der Waals surface area contributed by atoms with Crippen molar-refractivity contribution in [2.45, 2.75) is 64.7 Å². The summed E-state index contributed by atoms with van der Waals surface area (Å²) in [6.45, 7) is 4.77. The van der Waals surface area contributed by atoms with E-state index in [1.807, 2.05) is 25.2 Å². The highest BCUT2D eigenvalue weighted by Crippen LogP contribution is 2.69. The molecular weight excluding hydrogens is 596 g/mol. The number of allylic oxidation sites excluding steroid dienone is 5. The Morgan fingerprint density at radius 1 is 1.07 bits per heavy atom. The van der Waals surface area contributed by atoms with Gasteiger partial charge >= 0.3 is 6.03 Å². The van der Waals surface area contributed by atoms with E-state index >= 15 is 0 Å². The fourth-order valence-electron chi connectivity index (χ4n) is 8.76. The summed E-state index contributed by atoms with van der Waals surface area (Å²) >= 11 is 1.77. The Bertz CT molecular complexity index is 1610. The summed E-state index contributed by atoms with van der Waals surface area (Å²) in [4.78, 5) is 37.6. The van der Waals surface area contributed by atoms with Gasteiger partial charge in [-0.25, -0.2) is 9.18 Å². The Balaban J connectivity index is 1.23. The van der Waals surface area contributed by atoms with E-state index in [4.69, 9.17) is 0 Å². The Labute approximate surface area is 275 Å². The summed E-state index contributed by atoms with van der Waals surface area (Å²) in [7, 11) is 0. The summed E-state index contributed by atoms with van der Waals surface area (Å²) in [5, 5.41) is 7.61. The Kier molecular flexibility index (Phi) is 9.51. The molecule has 5 atom stereocenters. The van der Waals surface area contributed by atoms with Gasteiger partial charge in [-0.15, -0.1) is 11.8 Å². The quantitative estimate of drug-likeness (QED) is 0.269. The van der Waals surface area contributed by atoms with Crippen LogP contribution in [0.3, 0.4) is 0 Å². The second-order valence-electron chi connectivity index (χ2n) is 13.5. The van der Waals surface area contributed by atoms with Crippen molar-refractivity contribution < 1.29 is 18.8 Å². The van der Waals surface area contributed by atoms with E-state index in [0.29, 0.717) is 30.5 Å². The van der Waals surface area contributed by atoms with Crippen LogP contribution in [-0.2, 0) is 9.59 Å². The van der Waals surface area contributed by atoms with Crippen LogP contribution in [-0.4, -0.2) is 30.4 Å². The second-order valence-corrected chi connectivity index (χ2v) is 14.4. The standard InChI is InChI=1S/C39H43FN2O3S/c1-3-21-46-25-39(24-43)19-18-35-33-16-10-28-22-31(44)15-17-32(28)36(33)34(23-38(35,39)2)27-8-6-26(7-9-27)5-4-20-41-37(45)42-30-13-11-29(40)12-14-30/h3-9,11-14,21-22,24,33-35H,10,15-20,23,25H2,1-2H3,(H2,41,42,45). The van der Waals surface area contributed by atoms with Crippen molar-refractivity contribution >= 4 is 41.6 Å². The first-order chi connectivity index (χ1) is 22.3. The van der Waals surface area contributed by atoms with Gasteiger partial charge in [0.05, 0.1) is 0 Å². The van der Waals surface area contributed by atoms with E-state index in [-0.39, 0.29) is 34.4 Å². The molecule has 240 valence electrons. The molecule has 4 aliphatic carbocycles. The molecule has 0 radical (unpaired) electrons. The number of aldehydes is 1. The minimum absolute atomic E-state index is 0.104. The van der Waals surface area contributed by atoms with Gasteiger partial charge in [-0.3, -0.25) is 4.79 Å². The van der Waals surface area contributed by atoms with Crippen molar-refractivity contribution in [1.29, 1.82) is 0 Å². The van der Waals surface area contributed by atoms with Gasteiger partial charge in [0, 0.05) is 35.7 Å². The lowest BCUT2D eigenvalue weighted by molar-refractivity contribution is -0.123. The predicted molar refractivity (Wildman–Crippen MR) is 185 cm³/mol. The van der Waals surface area contributed by atoms with Crippen LogP contribution >= 0.6 is 11.8 Å². The second kappa shape index (κ2) is 13.6. The number of anilines is 1. The number of halogens is 1. The van der Waals surface area contributed by atoms with Crippen molar-refractivity contribution in [3.8, 4) is 0 Å². The van der Waals surface area contributed by atoms with Crippen molar-refractivity contribution in [2.75, 3.05) is 17.6 Å². The van der Waals surface area contributed by atoms with Crippen LogP contribution in [0.4, 0.5) is 14.9 Å². The molecule has 0 bridgehead atoms. The molecule has 4 aliphatic rings. The summed E-state index contributed by atoms with van der Waals surface area (Å²) in [5.41, 5.74) is 6.58. The summed E-state index contributed by atoms with van der Waals surface area (Å²) in [5.74, 6) is 1.82.